The lowest BCUT2D eigenvalue weighted by atomic mass is 10.2. The lowest BCUT2D eigenvalue weighted by Crippen LogP contribution is -2.16. The van der Waals surface area contributed by atoms with Gasteiger partial charge in [0.15, 0.2) is 16.3 Å². The summed E-state index contributed by atoms with van der Waals surface area (Å²) in [7, 11) is 0. The number of amides is 1. The van der Waals surface area contributed by atoms with Crippen LogP contribution in [-0.4, -0.2) is 17.3 Å². The number of aromatic nitrogens is 1. The minimum atomic E-state index is -0.342. The number of carbonyl (C=O) groups is 1. The number of benzene rings is 2. The molecule has 0 radical (unpaired) electrons. The van der Waals surface area contributed by atoms with Crippen LogP contribution >= 0.6 is 11.3 Å². The molecule has 1 amide bonds. The predicted molar refractivity (Wildman–Crippen MR) is 91.1 cm³/mol. The van der Waals surface area contributed by atoms with Crippen LogP contribution in [0.5, 0.6) is 11.5 Å². The van der Waals surface area contributed by atoms with E-state index < -0.39 is 0 Å². The number of fused-ring (bicyclic) bond motifs is 2. The van der Waals surface area contributed by atoms with E-state index in [9.17, 15) is 4.79 Å². The van der Waals surface area contributed by atoms with E-state index in [0.29, 0.717) is 28.4 Å². The Morgan fingerprint density at radius 1 is 1.25 bits per heavy atom. The Balaban J connectivity index is 1.80. The average molecular weight is 336 g/mol. The first-order valence-electron chi connectivity index (χ1n) is 7.27. The summed E-state index contributed by atoms with van der Waals surface area (Å²) in [6, 6.07) is 12.9. The van der Waals surface area contributed by atoms with E-state index in [0.717, 1.165) is 10.2 Å². The van der Waals surface area contributed by atoms with Crippen molar-refractivity contribution in [2.75, 3.05) is 6.79 Å². The van der Waals surface area contributed by atoms with Gasteiger partial charge in [0, 0.05) is 5.56 Å². The third-order valence-electron chi connectivity index (χ3n) is 3.65. The van der Waals surface area contributed by atoms with E-state index in [-0.39, 0.29) is 12.7 Å². The molecule has 6 heteroatoms. The average Bonchev–Trinajstić information content (AvgIpc) is 3.19. The van der Waals surface area contributed by atoms with Crippen molar-refractivity contribution in [2.24, 2.45) is 4.99 Å². The first-order chi connectivity index (χ1) is 11.8. The van der Waals surface area contributed by atoms with Gasteiger partial charge in [0.1, 0.15) is 0 Å². The van der Waals surface area contributed by atoms with Crippen LogP contribution in [0.2, 0.25) is 0 Å². The van der Waals surface area contributed by atoms with Crippen LogP contribution in [-0.2, 0) is 6.54 Å². The lowest BCUT2D eigenvalue weighted by Gasteiger charge is -2.00. The Labute approximate surface area is 141 Å². The maximum absolute atomic E-state index is 12.5. The predicted octanol–water partition coefficient (Wildman–Crippen LogP) is 2.81. The summed E-state index contributed by atoms with van der Waals surface area (Å²) in [6.07, 6.45) is 5.46. The van der Waals surface area contributed by atoms with Crippen LogP contribution < -0.4 is 14.3 Å². The number of hydrogen-bond acceptors (Lipinski definition) is 4. The Morgan fingerprint density at radius 3 is 2.96 bits per heavy atom. The van der Waals surface area contributed by atoms with E-state index in [2.05, 4.69) is 10.9 Å². The maximum atomic E-state index is 12.5. The van der Waals surface area contributed by atoms with E-state index in [1.54, 1.807) is 18.2 Å². The lowest BCUT2D eigenvalue weighted by molar-refractivity contribution is 0.0997. The third-order valence-corrected chi connectivity index (χ3v) is 4.71. The monoisotopic (exact) mass is 336 g/mol. The van der Waals surface area contributed by atoms with E-state index >= 15 is 0 Å². The molecule has 0 saturated heterocycles. The number of nitrogens with zero attached hydrogens (tertiary/aromatic N) is 2. The normalized spacial score (nSPS) is 13.2. The van der Waals surface area contributed by atoms with Gasteiger partial charge in [0.25, 0.3) is 5.91 Å². The Morgan fingerprint density at radius 2 is 2.08 bits per heavy atom. The zero-order valence-corrected chi connectivity index (χ0v) is 13.4. The largest absolute Gasteiger partial charge is 0.454 e. The van der Waals surface area contributed by atoms with Crippen molar-refractivity contribution in [1.29, 1.82) is 0 Å². The number of carbonyl (C=O) groups excluding carboxylic acids is 1. The fourth-order valence-electron chi connectivity index (χ4n) is 2.53. The minimum absolute atomic E-state index is 0.169. The third kappa shape index (κ3) is 2.45. The summed E-state index contributed by atoms with van der Waals surface area (Å²) >= 11 is 1.44. The molecule has 118 valence electrons. The van der Waals surface area contributed by atoms with Gasteiger partial charge < -0.3 is 14.0 Å². The first kappa shape index (κ1) is 14.5. The molecule has 0 fully saturated rings. The molecule has 4 rings (SSSR count). The fraction of sp³-hybridized carbons (Fsp3) is 0.111. The van der Waals surface area contributed by atoms with Crippen molar-refractivity contribution >= 4 is 27.5 Å². The maximum Gasteiger partial charge on any atom is 0.279 e. The van der Waals surface area contributed by atoms with Crippen molar-refractivity contribution in [3.05, 3.63) is 52.8 Å². The molecule has 2 aromatic carbocycles. The Bertz CT molecular complexity index is 1060. The Kier molecular flexibility index (Phi) is 3.56. The molecule has 1 aliphatic rings. The summed E-state index contributed by atoms with van der Waals surface area (Å²) in [6.45, 7) is 0.528. The van der Waals surface area contributed by atoms with Gasteiger partial charge in [0.05, 0.1) is 16.8 Å². The fourth-order valence-corrected chi connectivity index (χ4v) is 3.56. The summed E-state index contributed by atoms with van der Waals surface area (Å²) in [5.74, 6) is 3.46. The molecular formula is C18H12N2O3S. The Hall–Kier alpha value is -3.04. The van der Waals surface area contributed by atoms with E-state index in [4.69, 9.17) is 15.9 Å². The van der Waals surface area contributed by atoms with Gasteiger partial charge >= 0.3 is 0 Å². The second-order valence-corrected chi connectivity index (χ2v) is 6.14. The number of para-hydroxylation sites is 1. The van der Waals surface area contributed by atoms with Crippen molar-refractivity contribution in [1.82, 2.24) is 4.57 Å². The SMILES string of the molecule is C#CCn1c(=NC(=O)c2ccc3c(c2)OCO3)sc2ccccc21. The van der Waals surface area contributed by atoms with E-state index in [1.807, 2.05) is 28.8 Å². The van der Waals surface area contributed by atoms with Crippen LogP contribution in [0.3, 0.4) is 0 Å². The van der Waals surface area contributed by atoms with Crippen LogP contribution in [0.4, 0.5) is 0 Å². The van der Waals surface area contributed by atoms with Crippen LogP contribution in [0.1, 0.15) is 10.4 Å². The summed E-state index contributed by atoms with van der Waals surface area (Å²) in [5, 5.41) is 0. The summed E-state index contributed by atoms with van der Waals surface area (Å²) in [4.78, 5) is 17.4. The molecule has 1 aliphatic heterocycles. The van der Waals surface area contributed by atoms with Gasteiger partial charge in [-0.3, -0.25) is 4.79 Å². The van der Waals surface area contributed by atoms with Crippen LogP contribution in [0, 0.1) is 12.3 Å². The topological polar surface area (TPSA) is 52.8 Å². The second kappa shape index (κ2) is 5.87. The van der Waals surface area contributed by atoms with Crippen molar-refractivity contribution < 1.29 is 14.3 Å². The molecule has 24 heavy (non-hydrogen) atoms. The van der Waals surface area contributed by atoms with Gasteiger partial charge in [0.2, 0.25) is 6.79 Å². The van der Waals surface area contributed by atoms with Gasteiger partial charge in [-0.1, -0.05) is 29.4 Å². The van der Waals surface area contributed by atoms with Crippen LogP contribution in [0.25, 0.3) is 10.2 Å². The highest BCUT2D eigenvalue weighted by Crippen LogP contribution is 2.32. The molecule has 0 atom stereocenters. The van der Waals surface area contributed by atoms with Crippen molar-refractivity contribution in [2.45, 2.75) is 6.54 Å². The van der Waals surface area contributed by atoms with Gasteiger partial charge in [-0.25, -0.2) is 0 Å². The molecule has 0 bridgehead atoms. The molecule has 0 aliphatic carbocycles. The zero-order chi connectivity index (χ0) is 16.5. The highest BCUT2D eigenvalue weighted by Gasteiger charge is 2.16. The van der Waals surface area contributed by atoms with Crippen molar-refractivity contribution in [3.8, 4) is 23.8 Å². The first-order valence-corrected chi connectivity index (χ1v) is 8.08. The highest BCUT2D eigenvalue weighted by molar-refractivity contribution is 7.16. The number of terminal acetylenes is 1. The minimum Gasteiger partial charge on any atom is -0.454 e. The number of rotatable bonds is 2. The molecule has 0 N–H and O–H groups in total. The van der Waals surface area contributed by atoms with Gasteiger partial charge in [-0.15, -0.1) is 6.42 Å². The molecular weight excluding hydrogens is 324 g/mol. The molecule has 1 aromatic heterocycles. The molecule has 5 nitrogen and oxygen atoms in total. The molecule has 0 spiro atoms. The van der Waals surface area contributed by atoms with E-state index in [1.165, 1.54) is 11.3 Å². The quantitative estimate of drug-likeness (QED) is 0.676. The number of hydrogen-bond donors (Lipinski definition) is 0. The van der Waals surface area contributed by atoms with Crippen LogP contribution in [0.15, 0.2) is 47.5 Å². The highest BCUT2D eigenvalue weighted by atomic mass is 32.1. The summed E-state index contributed by atoms with van der Waals surface area (Å²) < 4.78 is 13.5. The molecule has 2 heterocycles. The molecule has 0 saturated carbocycles. The standard InChI is InChI=1S/C18H12N2O3S/c1-2-9-20-13-5-3-4-6-16(13)24-18(20)19-17(21)12-7-8-14-15(10-12)23-11-22-14/h1,3-8,10H,9,11H2. The van der Waals surface area contributed by atoms with Gasteiger partial charge in [-0.05, 0) is 30.3 Å². The van der Waals surface area contributed by atoms with Crippen molar-refractivity contribution in [3.63, 3.8) is 0 Å². The summed E-state index contributed by atoms with van der Waals surface area (Å²) in [5.41, 5.74) is 1.42. The van der Waals surface area contributed by atoms with Gasteiger partial charge in [-0.2, -0.15) is 4.99 Å². The zero-order valence-electron chi connectivity index (χ0n) is 12.6. The smallest absolute Gasteiger partial charge is 0.279 e. The molecule has 0 unspecified atom stereocenters. The molecule has 3 aromatic rings. The number of ether oxygens (including phenoxy) is 2. The second-order valence-electron chi connectivity index (χ2n) is 5.13. The number of thiazole rings is 1.